The van der Waals surface area contributed by atoms with Gasteiger partial charge in [0.25, 0.3) is 0 Å². The number of primary amides is 1. The highest BCUT2D eigenvalue weighted by Crippen LogP contribution is 2.27. The number of aromatic nitrogens is 3. The van der Waals surface area contributed by atoms with Crippen LogP contribution in [0, 0.1) is 5.82 Å². The van der Waals surface area contributed by atoms with E-state index in [2.05, 4.69) is 10.1 Å². The monoisotopic (exact) mass is 347 g/mol. The van der Waals surface area contributed by atoms with E-state index in [0.29, 0.717) is 19.7 Å². The van der Waals surface area contributed by atoms with Crippen LogP contribution in [0.3, 0.4) is 0 Å². The molecular weight excluding hydrogens is 333 g/mol. The fourth-order valence-electron chi connectivity index (χ4n) is 2.57. The second-order valence-corrected chi connectivity index (χ2v) is 6.39. The van der Waals surface area contributed by atoms with Gasteiger partial charge in [0.15, 0.2) is 6.10 Å². The molecule has 24 heavy (non-hydrogen) atoms. The predicted octanol–water partition coefficient (Wildman–Crippen LogP) is 1.29. The number of nitrogens with zero attached hydrogens (tertiary/aromatic N) is 4. The summed E-state index contributed by atoms with van der Waals surface area (Å²) in [5.74, 6) is -0.754. The summed E-state index contributed by atoms with van der Waals surface area (Å²) in [6.45, 7) is 1.46. The Labute approximate surface area is 140 Å². The Morgan fingerprint density at radius 1 is 1.38 bits per heavy atom. The number of anilines is 1. The van der Waals surface area contributed by atoms with Crippen molar-refractivity contribution in [3.8, 4) is 11.3 Å². The molecule has 4 rings (SSSR count). The molecular formula is C15H14FN5O2S. The molecule has 2 N–H and O–H groups in total. The molecule has 0 aliphatic carbocycles. The highest BCUT2D eigenvalue weighted by atomic mass is 32.1. The van der Waals surface area contributed by atoms with Crippen molar-refractivity contribution in [3.05, 3.63) is 36.3 Å². The summed E-state index contributed by atoms with van der Waals surface area (Å²) in [5.41, 5.74) is 6.87. The molecule has 1 aliphatic heterocycles. The van der Waals surface area contributed by atoms with E-state index < -0.39 is 12.0 Å². The highest BCUT2D eigenvalue weighted by molar-refractivity contribution is 7.20. The van der Waals surface area contributed by atoms with Gasteiger partial charge in [0.1, 0.15) is 5.82 Å². The van der Waals surface area contributed by atoms with Gasteiger partial charge in [-0.1, -0.05) is 11.3 Å². The van der Waals surface area contributed by atoms with Crippen molar-refractivity contribution in [2.45, 2.75) is 6.10 Å². The summed E-state index contributed by atoms with van der Waals surface area (Å²) in [6, 6.07) is 6.17. The number of fused-ring (bicyclic) bond motifs is 1. The summed E-state index contributed by atoms with van der Waals surface area (Å²) in [4.78, 5) is 18.5. The second kappa shape index (κ2) is 5.84. The molecule has 7 nitrogen and oxygen atoms in total. The summed E-state index contributed by atoms with van der Waals surface area (Å²) in [7, 11) is 0. The van der Waals surface area contributed by atoms with E-state index in [4.69, 9.17) is 10.5 Å². The molecule has 1 aliphatic rings. The molecule has 0 radical (unpaired) electrons. The number of imidazole rings is 1. The Balaban J connectivity index is 1.59. The zero-order valence-corrected chi connectivity index (χ0v) is 13.4. The fraction of sp³-hybridized carbons (Fsp3) is 0.267. The molecule has 124 valence electrons. The number of carbonyl (C=O) groups excluding carboxylic acids is 1. The Kier molecular flexibility index (Phi) is 3.66. The van der Waals surface area contributed by atoms with E-state index in [0.717, 1.165) is 21.3 Å². The van der Waals surface area contributed by atoms with Gasteiger partial charge in [-0.2, -0.15) is 0 Å². The van der Waals surface area contributed by atoms with Crippen LogP contribution in [-0.2, 0) is 9.53 Å². The third-order valence-corrected chi connectivity index (χ3v) is 4.81. The number of carbonyl (C=O) groups is 1. The molecule has 1 amide bonds. The molecule has 1 unspecified atom stereocenters. The number of nitrogens with two attached hydrogens (primary N) is 1. The summed E-state index contributed by atoms with van der Waals surface area (Å²) >= 11 is 1.42. The minimum atomic E-state index is -0.621. The number of ether oxygens (including phenoxy) is 1. The third kappa shape index (κ3) is 2.72. The minimum Gasteiger partial charge on any atom is -0.367 e. The van der Waals surface area contributed by atoms with Gasteiger partial charge in [-0.25, -0.2) is 13.9 Å². The van der Waals surface area contributed by atoms with E-state index in [1.165, 1.54) is 23.5 Å². The first kappa shape index (κ1) is 15.0. The summed E-state index contributed by atoms with van der Waals surface area (Å²) in [6.07, 6.45) is 1.18. The number of benzene rings is 1. The number of halogens is 1. The maximum atomic E-state index is 13.0. The number of hydrogen-bond donors (Lipinski definition) is 1. The lowest BCUT2D eigenvalue weighted by atomic mass is 10.2. The maximum Gasteiger partial charge on any atom is 0.248 e. The van der Waals surface area contributed by atoms with Crippen LogP contribution in [0.1, 0.15) is 0 Å². The van der Waals surface area contributed by atoms with E-state index in [-0.39, 0.29) is 5.82 Å². The average molecular weight is 347 g/mol. The molecule has 0 saturated carbocycles. The minimum absolute atomic E-state index is 0.281. The number of rotatable bonds is 3. The van der Waals surface area contributed by atoms with E-state index in [9.17, 15) is 9.18 Å². The molecule has 1 fully saturated rings. The molecule has 0 spiro atoms. The van der Waals surface area contributed by atoms with Gasteiger partial charge in [-0.15, -0.1) is 5.10 Å². The van der Waals surface area contributed by atoms with Crippen molar-refractivity contribution in [2.24, 2.45) is 5.73 Å². The zero-order chi connectivity index (χ0) is 16.7. The summed E-state index contributed by atoms with van der Waals surface area (Å²) < 4.78 is 20.0. The Morgan fingerprint density at radius 2 is 2.17 bits per heavy atom. The maximum absolute atomic E-state index is 13.0. The van der Waals surface area contributed by atoms with Crippen LogP contribution in [0.15, 0.2) is 30.5 Å². The lowest BCUT2D eigenvalue weighted by Gasteiger charge is -2.30. The third-order valence-electron chi connectivity index (χ3n) is 3.83. The molecule has 3 heterocycles. The van der Waals surface area contributed by atoms with Crippen molar-refractivity contribution in [2.75, 3.05) is 24.6 Å². The predicted molar refractivity (Wildman–Crippen MR) is 87.4 cm³/mol. The van der Waals surface area contributed by atoms with Crippen LogP contribution in [0.5, 0.6) is 0 Å². The lowest BCUT2D eigenvalue weighted by Crippen LogP contribution is -2.48. The molecule has 1 saturated heterocycles. The van der Waals surface area contributed by atoms with Gasteiger partial charge in [-0.3, -0.25) is 4.79 Å². The normalized spacial score (nSPS) is 18.2. The first-order chi connectivity index (χ1) is 11.6. The van der Waals surface area contributed by atoms with E-state index >= 15 is 0 Å². The van der Waals surface area contributed by atoms with Crippen molar-refractivity contribution < 1.29 is 13.9 Å². The Bertz CT molecular complexity index is 860. The van der Waals surface area contributed by atoms with E-state index in [1.54, 1.807) is 22.8 Å². The Morgan fingerprint density at radius 3 is 2.88 bits per heavy atom. The van der Waals surface area contributed by atoms with Crippen molar-refractivity contribution in [1.29, 1.82) is 0 Å². The molecule has 0 bridgehead atoms. The van der Waals surface area contributed by atoms with Crippen LogP contribution in [0.2, 0.25) is 0 Å². The first-order valence-corrected chi connectivity index (χ1v) is 8.20. The number of amides is 1. The summed E-state index contributed by atoms with van der Waals surface area (Å²) in [5, 5.41) is 5.27. The quantitative estimate of drug-likeness (QED) is 0.772. The molecule has 3 aromatic rings. The lowest BCUT2D eigenvalue weighted by molar-refractivity contribution is -0.130. The van der Waals surface area contributed by atoms with Crippen molar-refractivity contribution in [3.63, 3.8) is 0 Å². The Hall–Kier alpha value is -2.52. The molecule has 1 atom stereocenters. The van der Waals surface area contributed by atoms with Crippen LogP contribution >= 0.6 is 11.3 Å². The van der Waals surface area contributed by atoms with Crippen LogP contribution in [0.25, 0.3) is 16.2 Å². The fourth-order valence-corrected chi connectivity index (χ4v) is 3.49. The molecule has 2 aromatic heterocycles. The first-order valence-electron chi connectivity index (χ1n) is 7.38. The second-order valence-electron chi connectivity index (χ2n) is 5.45. The zero-order valence-electron chi connectivity index (χ0n) is 12.6. The standard InChI is InChI=1S/C15H14FN5O2S/c16-10-3-1-9(2-4-10)11-7-21-14(18-11)24-15(19-21)20-5-6-23-12(8-20)13(17)22/h1-4,7,12H,5-6,8H2,(H2,17,22). The SMILES string of the molecule is NC(=O)C1CN(c2nn3cc(-c4ccc(F)cc4)nc3s2)CCO1. The van der Waals surface area contributed by atoms with Gasteiger partial charge in [-0.05, 0) is 24.3 Å². The van der Waals surface area contributed by atoms with Gasteiger partial charge >= 0.3 is 0 Å². The van der Waals surface area contributed by atoms with Crippen molar-refractivity contribution >= 4 is 27.3 Å². The van der Waals surface area contributed by atoms with Crippen LogP contribution in [-0.4, -0.2) is 46.3 Å². The van der Waals surface area contributed by atoms with Crippen LogP contribution in [0.4, 0.5) is 9.52 Å². The number of morpholine rings is 1. The van der Waals surface area contributed by atoms with Gasteiger partial charge < -0.3 is 15.4 Å². The number of hydrogen-bond acceptors (Lipinski definition) is 6. The smallest absolute Gasteiger partial charge is 0.248 e. The van der Waals surface area contributed by atoms with Crippen molar-refractivity contribution in [1.82, 2.24) is 14.6 Å². The average Bonchev–Trinajstić information content (AvgIpc) is 3.14. The van der Waals surface area contributed by atoms with Gasteiger partial charge in [0, 0.05) is 12.1 Å². The topological polar surface area (TPSA) is 85.8 Å². The highest BCUT2D eigenvalue weighted by Gasteiger charge is 2.27. The van der Waals surface area contributed by atoms with E-state index in [1.807, 2.05) is 4.90 Å². The largest absolute Gasteiger partial charge is 0.367 e. The van der Waals surface area contributed by atoms with Gasteiger partial charge in [0.2, 0.25) is 16.0 Å². The van der Waals surface area contributed by atoms with Gasteiger partial charge in [0.05, 0.1) is 25.0 Å². The molecule has 9 heteroatoms. The van der Waals surface area contributed by atoms with Crippen LogP contribution < -0.4 is 10.6 Å². The molecule has 1 aromatic carbocycles.